The molecule has 2 aromatic carbocycles. The minimum atomic E-state index is 0.272. The van der Waals surface area contributed by atoms with Crippen LogP contribution in [0.4, 0.5) is 0 Å². The zero-order valence-corrected chi connectivity index (χ0v) is 11.9. The minimum absolute atomic E-state index is 0.272. The Balaban J connectivity index is 1.98. The molecule has 1 heterocycles. The van der Waals surface area contributed by atoms with Crippen LogP contribution in [-0.4, -0.2) is 16.6 Å². The lowest BCUT2D eigenvalue weighted by Gasteiger charge is -2.18. The second-order valence-electron chi connectivity index (χ2n) is 5.11. The number of aromatic nitrogens is 2. The average Bonchev–Trinajstić information content (AvgIpc) is 2.91. The lowest BCUT2D eigenvalue weighted by Crippen LogP contribution is -2.21. The van der Waals surface area contributed by atoms with E-state index in [0.29, 0.717) is 0 Å². The molecule has 0 saturated heterocycles. The molecular weight excluding hydrogens is 246 g/mol. The van der Waals surface area contributed by atoms with Gasteiger partial charge in [-0.3, -0.25) is 0 Å². The fourth-order valence-corrected chi connectivity index (χ4v) is 2.75. The molecule has 1 aromatic heterocycles. The van der Waals surface area contributed by atoms with E-state index >= 15 is 0 Å². The van der Waals surface area contributed by atoms with E-state index in [0.717, 1.165) is 6.42 Å². The topological polar surface area (TPSA) is 29.9 Å². The predicted octanol–water partition coefficient (Wildman–Crippen LogP) is 3.08. The number of imidazole rings is 1. The molecule has 0 aliphatic rings. The van der Waals surface area contributed by atoms with E-state index in [1.54, 1.807) is 0 Å². The number of hydrogen-bond acceptors (Lipinski definition) is 2. The number of aryl methyl sites for hydroxylation is 1. The van der Waals surface area contributed by atoms with Crippen LogP contribution in [0.15, 0.2) is 55.0 Å². The Hall–Kier alpha value is -2.13. The highest BCUT2D eigenvalue weighted by molar-refractivity contribution is 5.85. The van der Waals surface area contributed by atoms with Crippen LogP contribution in [0.5, 0.6) is 0 Å². The summed E-state index contributed by atoms with van der Waals surface area (Å²) in [6.45, 7) is 0. The summed E-state index contributed by atoms with van der Waals surface area (Å²) in [5.41, 5.74) is 2.57. The summed E-state index contributed by atoms with van der Waals surface area (Å²) in [5.74, 6) is 0. The second-order valence-corrected chi connectivity index (χ2v) is 5.11. The second kappa shape index (κ2) is 5.47. The molecule has 3 nitrogen and oxygen atoms in total. The van der Waals surface area contributed by atoms with Crippen LogP contribution in [-0.2, 0) is 13.5 Å². The summed E-state index contributed by atoms with van der Waals surface area (Å²) in [5, 5.41) is 6.02. The van der Waals surface area contributed by atoms with Crippen LogP contribution in [0.2, 0.25) is 0 Å². The summed E-state index contributed by atoms with van der Waals surface area (Å²) >= 11 is 0. The summed E-state index contributed by atoms with van der Waals surface area (Å²) in [6, 6.07) is 15.3. The Morgan fingerprint density at radius 3 is 2.70 bits per heavy atom. The maximum atomic E-state index is 4.22. The van der Waals surface area contributed by atoms with Crippen LogP contribution >= 0.6 is 0 Å². The Morgan fingerprint density at radius 1 is 1.15 bits per heavy atom. The molecule has 0 bridgehead atoms. The van der Waals surface area contributed by atoms with Gasteiger partial charge in [-0.25, -0.2) is 4.98 Å². The van der Waals surface area contributed by atoms with Crippen molar-refractivity contribution in [2.75, 3.05) is 7.05 Å². The zero-order valence-electron chi connectivity index (χ0n) is 11.9. The molecule has 102 valence electrons. The van der Waals surface area contributed by atoms with Crippen LogP contribution in [0.25, 0.3) is 10.8 Å². The lowest BCUT2D eigenvalue weighted by molar-refractivity contribution is 0.556. The summed E-state index contributed by atoms with van der Waals surface area (Å²) < 4.78 is 2.08. The van der Waals surface area contributed by atoms with Crippen molar-refractivity contribution in [3.05, 3.63) is 66.2 Å². The maximum Gasteiger partial charge on any atom is 0.0946 e. The van der Waals surface area contributed by atoms with Gasteiger partial charge in [0.1, 0.15) is 0 Å². The third-order valence-corrected chi connectivity index (χ3v) is 3.86. The molecule has 3 rings (SSSR count). The fourth-order valence-electron chi connectivity index (χ4n) is 2.75. The molecule has 3 aromatic rings. The SMILES string of the molecule is CNC(Cc1cccc2ccccc12)c1cncn1C. The van der Waals surface area contributed by atoms with Crippen molar-refractivity contribution in [3.8, 4) is 0 Å². The molecule has 1 N–H and O–H groups in total. The third kappa shape index (κ3) is 2.32. The summed E-state index contributed by atoms with van der Waals surface area (Å²) in [7, 11) is 4.04. The molecule has 0 saturated carbocycles. The van der Waals surface area contributed by atoms with Gasteiger partial charge in [-0.15, -0.1) is 0 Å². The molecule has 0 aliphatic carbocycles. The Bertz CT molecular complexity index is 710. The van der Waals surface area contributed by atoms with E-state index in [9.17, 15) is 0 Å². The Morgan fingerprint density at radius 2 is 1.95 bits per heavy atom. The number of nitrogens with zero attached hydrogens (tertiary/aromatic N) is 2. The average molecular weight is 265 g/mol. The monoisotopic (exact) mass is 265 g/mol. The standard InChI is InChI=1S/C17H19N3/c1-18-16(17-11-19-12-20(17)2)10-14-8-5-7-13-6-3-4-9-15(13)14/h3-9,11-12,16,18H,10H2,1-2H3. The van der Waals surface area contributed by atoms with Crippen LogP contribution in [0, 0.1) is 0 Å². The van der Waals surface area contributed by atoms with Gasteiger partial charge in [-0.05, 0) is 29.8 Å². The fraction of sp³-hybridized carbons (Fsp3) is 0.235. The van der Waals surface area contributed by atoms with Crippen molar-refractivity contribution < 1.29 is 0 Å². The minimum Gasteiger partial charge on any atom is -0.336 e. The van der Waals surface area contributed by atoms with Gasteiger partial charge in [0.05, 0.1) is 18.1 Å². The summed E-state index contributed by atoms with van der Waals surface area (Å²) in [4.78, 5) is 4.22. The van der Waals surface area contributed by atoms with Gasteiger partial charge in [0.15, 0.2) is 0 Å². The Labute approximate surface area is 119 Å². The van der Waals surface area contributed by atoms with Crippen LogP contribution < -0.4 is 5.32 Å². The predicted molar refractivity (Wildman–Crippen MR) is 82.7 cm³/mol. The van der Waals surface area contributed by atoms with Gasteiger partial charge in [0, 0.05) is 13.2 Å². The first-order valence-electron chi connectivity index (χ1n) is 6.89. The number of rotatable bonds is 4. The number of hydrogen-bond donors (Lipinski definition) is 1. The van der Waals surface area contributed by atoms with Crippen molar-refractivity contribution in [1.29, 1.82) is 0 Å². The third-order valence-electron chi connectivity index (χ3n) is 3.86. The first-order chi connectivity index (χ1) is 9.79. The highest BCUT2D eigenvalue weighted by Gasteiger charge is 2.14. The molecule has 0 spiro atoms. The van der Waals surface area contributed by atoms with Crippen molar-refractivity contribution in [2.45, 2.75) is 12.5 Å². The lowest BCUT2D eigenvalue weighted by atomic mass is 9.97. The normalized spacial score (nSPS) is 12.7. The molecular formula is C17H19N3. The molecule has 0 aliphatic heterocycles. The van der Waals surface area contributed by atoms with Crippen molar-refractivity contribution in [1.82, 2.24) is 14.9 Å². The summed E-state index contributed by atoms with van der Waals surface area (Å²) in [6.07, 6.45) is 4.74. The first kappa shape index (κ1) is 12.9. The smallest absolute Gasteiger partial charge is 0.0946 e. The van der Waals surface area contributed by atoms with E-state index in [2.05, 4.69) is 57.3 Å². The highest BCUT2D eigenvalue weighted by Crippen LogP contribution is 2.24. The van der Waals surface area contributed by atoms with E-state index in [1.807, 2.05) is 26.6 Å². The maximum absolute atomic E-state index is 4.22. The number of likely N-dealkylation sites (N-methyl/N-ethyl adjacent to an activating group) is 1. The number of benzene rings is 2. The van der Waals surface area contributed by atoms with E-state index < -0.39 is 0 Å². The molecule has 3 heteroatoms. The largest absolute Gasteiger partial charge is 0.336 e. The molecule has 0 amide bonds. The van der Waals surface area contributed by atoms with Gasteiger partial charge < -0.3 is 9.88 Å². The number of fused-ring (bicyclic) bond motifs is 1. The van der Waals surface area contributed by atoms with Crippen LogP contribution in [0.3, 0.4) is 0 Å². The highest BCUT2D eigenvalue weighted by atomic mass is 15.1. The van der Waals surface area contributed by atoms with Crippen LogP contribution in [0.1, 0.15) is 17.3 Å². The van der Waals surface area contributed by atoms with Gasteiger partial charge in [0.25, 0.3) is 0 Å². The Kier molecular flexibility index (Phi) is 3.52. The molecule has 0 fully saturated rings. The number of nitrogens with one attached hydrogen (secondary N) is 1. The molecule has 1 unspecified atom stereocenters. The molecule has 1 atom stereocenters. The van der Waals surface area contributed by atoms with Gasteiger partial charge in [-0.1, -0.05) is 42.5 Å². The quantitative estimate of drug-likeness (QED) is 0.785. The van der Waals surface area contributed by atoms with E-state index in [1.165, 1.54) is 22.0 Å². The van der Waals surface area contributed by atoms with E-state index in [-0.39, 0.29) is 6.04 Å². The molecule has 0 radical (unpaired) electrons. The van der Waals surface area contributed by atoms with Crippen molar-refractivity contribution >= 4 is 10.8 Å². The zero-order chi connectivity index (χ0) is 13.9. The van der Waals surface area contributed by atoms with Gasteiger partial charge >= 0.3 is 0 Å². The van der Waals surface area contributed by atoms with Gasteiger partial charge in [0.2, 0.25) is 0 Å². The van der Waals surface area contributed by atoms with Crippen molar-refractivity contribution in [2.24, 2.45) is 7.05 Å². The molecule has 20 heavy (non-hydrogen) atoms. The van der Waals surface area contributed by atoms with Crippen molar-refractivity contribution in [3.63, 3.8) is 0 Å². The first-order valence-corrected chi connectivity index (χ1v) is 6.89. The van der Waals surface area contributed by atoms with E-state index in [4.69, 9.17) is 0 Å². The van der Waals surface area contributed by atoms with Gasteiger partial charge in [-0.2, -0.15) is 0 Å².